The fourth-order valence-electron chi connectivity index (χ4n) is 2.93. The highest BCUT2D eigenvalue weighted by Crippen LogP contribution is 2.30. The van der Waals surface area contributed by atoms with Gasteiger partial charge in [-0.05, 0) is 42.5 Å². The molecule has 0 unspecified atom stereocenters. The molecule has 0 saturated heterocycles. The van der Waals surface area contributed by atoms with E-state index in [0.717, 1.165) is 29.4 Å². The number of hydrogen-bond acceptors (Lipinski definition) is 3. The maximum Gasteiger partial charge on any atom is 0.226 e. The van der Waals surface area contributed by atoms with Gasteiger partial charge >= 0.3 is 0 Å². The number of nitrogens with zero attached hydrogens (tertiary/aromatic N) is 2. The van der Waals surface area contributed by atoms with Crippen LogP contribution in [0, 0.1) is 11.3 Å². The molecule has 4 nitrogen and oxygen atoms in total. The number of benzene rings is 1. The second-order valence-corrected chi connectivity index (χ2v) is 5.63. The lowest BCUT2D eigenvalue weighted by Gasteiger charge is -2.14. The van der Waals surface area contributed by atoms with Crippen LogP contribution in [-0.4, -0.2) is 24.4 Å². The number of nitriles is 1. The van der Waals surface area contributed by atoms with E-state index in [0.29, 0.717) is 19.4 Å². The molecule has 1 aromatic carbocycles. The molecule has 0 saturated carbocycles. The fraction of sp³-hybridized carbons (Fsp3) is 0.412. The molecule has 0 atom stereocenters. The molecule has 3 rings (SSSR count). The molecule has 0 N–H and O–H groups in total. The van der Waals surface area contributed by atoms with Crippen LogP contribution in [0.5, 0.6) is 0 Å². The van der Waals surface area contributed by atoms with Crippen molar-refractivity contribution < 1.29 is 9.21 Å². The zero-order valence-corrected chi connectivity index (χ0v) is 12.2. The molecule has 1 heterocycles. The van der Waals surface area contributed by atoms with Gasteiger partial charge in [0.25, 0.3) is 0 Å². The van der Waals surface area contributed by atoms with E-state index in [1.54, 1.807) is 18.2 Å². The number of furan rings is 1. The van der Waals surface area contributed by atoms with Gasteiger partial charge in [0.15, 0.2) is 0 Å². The molecule has 21 heavy (non-hydrogen) atoms. The average Bonchev–Trinajstić information content (AvgIpc) is 3.09. The third-order valence-electron chi connectivity index (χ3n) is 4.19. The van der Waals surface area contributed by atoms with E-state index < -0.39 is 0 Å². The van der Waals surface area contributed by atoms with Crippen molar-refractivity contribution in [3.8, 4) is 6.07 Å². The van der Waals surface area contributed by atoms with Crippen molar-refractivity contribution in [1.82, 2.24) is 4.90 Å². The van der Waals surface area contributed by atoms with Gasteiger partial charge in [-0.1, -0.05) is 0 Å². The summed E-state index contributed by atoms with van der Waals surface area (Å²) < 4.78 is 5.61. The minimum absolute atomic E-state index is 0.0217. The molecule has 0 fully saturated rings. The molecule has 1 aliphatic carbocycles. The minimum atomic E-state index is 0.0217. The summed E-state index contributed by atoms with van der Waals surface area (Å²) >= 11 is 0. The number of hydrogen-bond donors (Lipinski definition) is 0. The van der Waals surface area contributed by atoms with Crippen LogP contribution in [0.4, 0.5) is 0 Å². The quantitative estimate of drug-likeness (QED) is 0.866. The first-order valence-corrected chi connectivity index (χ1v) is 7.32. The molecule has 1 aromatic heterocycles. The van der Waals surface area contributed by atoms with Crippen LogP contribution in [0.15, 0.2) is 22.8 Å². The first-order chi connectivity index (χ1) is 10.2. The maximum atomic E-state index is 12.2. The summed E-state index contributed by atoms with van der Waals surface area (Å²) in [6.07, 6.45) is 5.82. The van der Waals surface area contributed by atoms with Crippen molar-refractivity contribution in [2.24, 2.45) is 0 Å². The number of carbonyl (C=O) groups excluding carboxylic acids is 1. The van der Waals surface area contributed by atoms with E-state index in [1.165, 1.54) is 17.5 Å². The van der Waals surface area contributed by atoms with Crippen molar-refractivity contribution >= 4 is 16.9 Å². The third-order valence-corrected chi connectivity index (χ3v) is 4.19. The van der Waals surface area contributed by atoms with Crippen LogP contribution < -0.4 is 0 Å². The first-order valence-electron chi connectivity index (χ1n) is 7.32. The third kappa shape index (κ3) is 2.64. The Kier molecular flexibility index (Phi) is 3.66. The average molecular weight is 282 g/mol. The Bertz CT molecular complexity index is 724. The Morgan fingerprint density at radius 1 is 1.38 bits per heavy atom. The highest BCUT2D eigenvalue weighted by molar-refractivity contribution is 5.88. The SMILES string of the molecule is CN(CCC#N)C(=O)Cc1coc2cc3c(cc12)CCC3. The molecule has 4 heteroatoms. The summed E-state index contributed by atoms with van der Waals surface area (Å²) in [5, 5.41) is 9.63. The zero-order chi connectivity index (χ0) is 14.8. The molecule has 1 amide bonds. The van der Waals surface area contributed by atoms with E-state index >= 15 is 0 Å². The van der Waals surface area contributed by atoms with Gasteiger partial charge in [-0.15, -0.1) is 0 Å². The van der Waals surface area contributed by atoms with Crippen molar-refractivity contribution in [2.45, 2.75) is 32.1 Å². The fourth-order valence-corrected chi connectivity index (χ4v) is 2.93. The van der Waals surface area contributed by atoms with Crippen LogP contribution in [0.1, 0.15) is 29.5 Å². The monoisotopic (exact) mass is 282 g/mol. The lowest BCUT2D eigenvalue weighted by Crippen LogP contribution is -2.28. The summed E-state index contributed by atoms with van der Waals surface area (Å²) in [5.74, 6) is 0.0217. The summed E-state index contributed by atoms with van der Waals surface area (Å²) in [5.41, 5.74) is 4.57. The first kappa shape index (κ1) is 13.7. The summed E-state index contributed by atoms with van der Waals surface area (Å²) in [6, 6.07) is 6.35. The Balaban J connectivity index is 1.81. The van der Waals surface area contributed by atoms with Crippen molar-refractivity contribution in [3.05, 3.63) is 35.1 Å². The molecular formula is C17H18N2O2. The second-order valence-electron chi connectivity index (χ2n) is 5.63. The van der Waals surface area contributed by atoms with Gasteiger partial charge < -0.3 is 9.32 Å². The number of fused-ring (bicyclic) bond motifs is 2. The van der Waals surface area contributed by atoms with Gasteiger partial charge in [-0.3, -0.25) is 4.79 Å². The highest BCUT2D eigenvalue weighted by atomic mass is 16.3. The topological polar surface area (TPSA) is 57.2 Å². The number of likely N-dealkylation sites (N-methyl/N-ethyl adjacent to an activating group) is 1. The van der Waals surface area contributed by atoms with Gasteiger partial charge in [0.2, 0.25) is 5.91 Å². The molecule has 108 valence electrons. The molecule has 2 aromatic rings. The summed E-state index contributed by atoms with van der Waals surface area (Å²) in [6.45, 7) is 0.473. The smallest absolute Gasteiger partial charge is 0.226 e. The zero-order valence-electron chi connectivity index (χ0n) is 12.2. The Morgan fingerprint density at radius 2 is 2.14 bits per heavy atom. The molecule has 0 bridgehead atoms. The maximum absolute atomic E-state index is 12.2. The van der Waals surface area contributed by atoms with Crippen LogP contribution in [0.2, 0.25) is 0 Å². The minimum Gasteiger partial charge on any atom is -0.464 e. The summed E-state index contributed by atoms with van der Waals surface area (Å²) in [4.78, 5) is 13.8. The molecule has 0 aliphatic heterocycles. The molecular weight excluding hydrogens is 264 g/mol. The van der Waals surface area contributed by atoms with E-state index in [4.69, 9.17) is 9.68 Å². The van der Waals surface area contributed by atoms with Crippen molar-refractivity contribution in [2.75, 3.05) is 13.6 Å². The van der Waals surface area contributed by atoms with E-state index in [1.807, 2.05) is 0 Å². The standard InChI is InChI=1S/C17H18N2O2/c1-19(7-3-6-18)17(20)10-14-11-21-16-9-13-5-2-4-12(13)8-15(14)16/h8-9,11H,2-5,7,10H2,1H3. The van der Waals surface area contributed by atoms with E-state index in [2.05, 4.69) is 18.2 Å². The Labute approximate surface area is 123 Å². The number of carbonyl (C=O) groups is 1. The lowest BCUT2D eigenvalue weighted by molar-refractivity contribution is -0.129. The van der Waals surface area contributed by atoms with Gasteiger partial charge in [-0.2, -0.15) is 5.26 Å². The van der Waals surface area contributed by atoms with Crippen LogP contribution in [0.25, 0.3) is 11.0 Å². The van der Waals surface area contributed by atoms with E-state index in [-0.39, 0.29) is 5.91 Å². The van der Waals surface area contributed by atoms with Gasteiger partial charge in [0.05, 0.1) is 25.2 Å². The van der Waals surface area contributed by atoms with Gasteiger partial charge in [-0.25, -0.2) is 0 Å². The molecule has 0 spiro atoms. The highest BCUT2D eigenvalue weighted by Gasteiger charge is 2.17. The van der Waals surface area contributed by atoms with Crippen LogP contribution >= 0.6 is 0 Å². The molecule has 0 radical (unpaired) electrons. The normalized spacial score (nSPS) is 13.1. The Hall–Kier alpha value is -2.28. The lowest BCUT2D eigenvalue weighted by atomic mass is 10.0. The van der Waals surface area contributed by atoms with E-state index in [9.17, 15) is 4.79 Å². The van der Waals surface area contributed by atoms with Crippen molar-refractivity contribution in [1.29, 1.82) is 5.26 Å². The Morgan fingerprint density at radius 3 is 2.90 bits per heavy atom. The predicted octanol–water partition coefficient (Wildman–Crippen LogP) is 2.84. The van der Waals surface area contributed by atoms with Crippen LogP contribution in [-0.2, 0) is 24.1 Å². The number of aryl methyl sites for hydroxylation is 2. The largest absolute Gasteiger partial charge is 0.464 e. The van der Waals surface area contributed by atoms with Gasteiger partial charge in [0, 0.05) is 24.5 Å². The number of rotatable bonds is 4. The van der Waals surface area contributed by atoms with Crippen molar-refractivity contribution in [3.63, 3.8) is 0 Å². The second kappa shape index (κ2) is 5.61. The summed E-state index contributed by atoms with van der Waals surface area (Å²) in [7, 11) is 1.74. The van der Waals surface area contributed by atoms with Gasteiger partial charge in [0.1, 0.15) is 5.58 Å². The number of amides is 1. The predicted molar refractivity (Wildman–Crippen MR) is 79.8 cm³/mol. The molecule has 1 aliphatic rings. The van der Waals surface area contributed by atoms with Crippen LogP contribution in [0.3, 0.4) is 0 Å².